The van der Waals surface area contributed by atoms with Crippen LogP contribution in [-0.2, 0) is 0 Å². The summed E-state index contributed by atoms with van der Waals surface area (Å²) in [6, 6.07) is 0.855. The molecule has 1 saturated carbocycles. The van der Waals surface area contributed by atoms with E-state index in [9.17, 15) is 0 Å². The molecule has 0 aromatic carbocycles. The van der Waals surface area contributed by atoms with Crippen molar-refractivity contribution in [3.63, 3.8) is 0 Å². The number of rotatable bonds is 3. The topological polar surface area (TPSA) is 15.3 Å². The van der Waals surface area contributed by atoms with Crippen molar-refractivity contribution in [3.8, 4) is 0 Å². The molecule has 2 heteroatoms. The minimum absolute atomic E-state index is 0.526. The zero-order valence-electron chi connectivity index (χ0n) is 11.3. The van der Waals surface area contributed by atoms with Gasteiger partial charge < -0.3 is 10.2 Å². The molecule has 1 N–H and O–H groups in total. The fourth-order valence-electron chi connectivity index (χ4n) is 3.42. The van der Waals surface area contributed by atoms with Gasteiger partial charge in [0.2, 0.25) is 0 Å². The maximum absolute atomic E-state index is 3.50. The van der Waals surface area contributed by atoms with E-state index in [1.807, 2.05) is 0 Å². The Morgan fingerprint density at radius 2 is 1.94 bits per heavy atom. The molecule has 1 saturated heterocycles. The van der Waals surface area contributed by atoms with Crippen LogP contribution in [-0.4, -0.2) is 37.6 Å². The number of hydrogen-bond acceptors (Lipinski definition) is 2. The van der Waals surface area contributed by atoms with Gasteiger partial charge in [0.15, 0.2) is 0 Å². The third-order valence-electron chi connectivity index (χ3n) is 4.70. The third kappa shape index (κ3) is 2.98. The van der Waals surface area contributed by atoms with E-state index in [2.05, 4.69) is 31.1 Å². The summed E-state index contributed by atoms with van der Waals surface area (Å²) >= 11 is 0. The highest BCUT2D eigenvalue weighted by atomic mass is 15.1. The molecule has 2 nitrogen and oxygen atoms in total. The summed E-state index contributed by atoms with van der Waals surface area (Å²) in [7, 11) is 2.34. The van der Waals surface area contributed by atoms with Crippen molar-refractivity contribution in [1.82, 2.24) is 10.2 Å². The number of hydrogen-bond donors (Lipinski definition) is 1. The standard InChI is InChI=1S/C14H28N2/c1-12-4-6-13(7-5-12)16(3)11-14(2)8-9-15-10-14/h12-13,15H,4-11H2,1-3H3. The van der Waals surface area contributed by atoms with Gasteiger partial charge in [-0.3, -0.25) is 0 Å². The van der Waals surface area contributed by atoms with Crippen LogP contribution in [0.15, 0.2) is 0 Å². The van der Waals surface area contributed by atoms with Crippen LogP contribution in [0.2, 0.25) is 0 Å². The van der Waals surface area contributed by atoms with Crippen molar-refractivity contribution in [2.24, 2.45) is 11.3 Å². The van der Waals surface area contributed by atoms with Gasteiger partial charge in [0.25, 0.3) is 0 Å². The van der Waals surface area contributed by atoms with Gasteiger partial charge in [0.1, 0.15) is 0 Å². The van der Waals surface area contributed by atoms with Gasteiger partial charge in [0, 0.05) is 19.1 Å². The van der Waals surface area contributed by atoms with Crippen LogP contribution in [0, 0.1) is 11.3 Å². The Balaban J connectivity index is 1.81. The SMILES string of the molecule is CC1CCC(N(C)CC2(C)CCNC2)CC1. The predicted molar refractivity (Wildman–Crippen MR) is 69.6 cm³/mol. The van der Waals surface area contributed by atoms with Crippen molar-refractivity contribution in [1.29, 1.82) is 0 Å². The Hall–Kier alpha value is -0.0800. The second-order valence-electron chi connectivity index (χ2n) is 6.57. The third-order valence-corrected chi connectivity index (χ3v) is 4.70. The molecule has 16 heavy (non-hydrogen) atoms. The van der Waals surface area contributed by atoms with Crippen LogP contribution in [0.3, 0.4) is 0 Å². The first-order valence-electron chi connectivity index (χ1n) is 7.00. The van der Waals surface area contributed by atoms with Crippen molar-refractivity contribution in [2.75, 3.05) is 26.7 Å². The van der Waals surface area contributed by atoms with Gasteiger partial charge in [0.05, 0.1) is 0 Å². The lowest BCUT2D eigenvalue weighted by atomic mass is 9.84. The fraction of sp³-hybridized carbons (Fsp3) is 1.00. The first kappa shape index (κ1) is 12.4. The van der Waals surface area contributed by atoms with E-state index in [1.165, 1.54) is 51.7 Å². The minimum atomic E-state index is 0.526. The van der Waals surface area contributed by atoms with Crippen LogP contribution in [0.25, 0.3) is 0 Å². The summed E-state index contributed by atoms with van der Waals surface area (Å²) in [5.74, 6) is 0.966. The molecule has 1 aliphatic heterocycles. The zero-order chi connectivity index (χ0) is 11.6. The average molecular weight is 224 g/mol. The maximum atomic E-state index is 3.50. The van der Waals surface area contributed by atoms with E-state index in [0.29, 0.717) is 5.41 Å². The number of nitrogens with one attached hydrogen (secondary N) is 1. The Morgan fingerprint density at radius 3 is 2.50 bits per heavy atom. The van der Waals surface area contributed by atoms with Gasteiger partial charge >= 0.3 is 0 Å². The van der Waals surface area contributed by atoms with Gasteiger partial charge in [-0.05, 0) is 57.0 Å². The van der Waals surface area contributed by atoms with Crippen LogP contribution >= 0.6 is 0 Å². The molecule has 2 rings (SSSR count). The van der Waals surface area contributed by atoms with Crippen molar-refractivity contribution in [2.45, 2.75) is 52.0 Å². The second kappa shape index (κ2) is 5.05. The quantitative estimate of drug-likeness (QED) is 0.792. The second-order valence-corrected chi connectivity index (χ2v) is 6.57. The van der Waals surface area contributed by atoms with E-state index >= 15 is 0 Å². The molecule has 2 fully saturated rings. The molecular formula is C14H28N2. The summed E-state index contributed by atoms with van der Waals surface area (Å²) in [5.41, 5.74) is 0.526. The molecule has 1 unspecified atom stereocenters. The van der Waals surface area contributed by atoms with Gasteiger partial charge in [-0.15, -0.1) is 0 Å². The Kier molecular flexibility index (Phi) is 3.91. The fourth-order valence-corrected chi connectivity index (χ4v) is 3.42. The van der Waals surface area contributed by atoms with Crippen molar-refractivity contribution in [3.05, 3.63) is 0 Å². The molecule has 0 spiro atoms. The molecule has 1 aliphatic carbocycles. The van der Waals surface area contributed by atoms with E-state index in [1.54, 1.807) is 0 Å². The lowest BCUT2D eigenvalue weighted by Gasteiger charge is -2.38. The predicted octanol–water partition coefficient (Wildman–Crippen LogP) is 2.50. The highest BCUT2D eigenvalue weighted by molar-refractivity contribution is 4.88. The lowest BCUT2D eigenvalue weighted by molar-refractivity contribution is 0.121. The van der Waals surface area contributed by atoms with Crippen LogP contribution in [0.1, 0.15) is 46.0 Å². The molecular weight excluding hydrogens is 196 g/mol. The lowest BCUT2D eigenvalue weighted by Crippen LogP contribution is -2.42. The molecule has 94 valence electrons. The Morgan fingerprint density at radius 1 is 1.25 bits per heavy atom. The number of nitrogens with zero attached hydrogens (tertiary/aromatic N) is 1. The molecule has 0 aromatic rings. The van der Waals surface area contributed by atoms with E-state index in [-0.39, 0.29) is 0 Å². The van der Waals surface area contributed by atoms with Gasteiger partial charge in [-0.1, -0.05) is 13.8 Å². The largest absolute Gasteiger partial charge is 0.316 e. The smallest absolute Gasteiger partial charge is 0.00926 e. The summed E-state index contributed by atoms with van der Waals surface area (Å²) in [6.07, 6.45) is 7.05. The molecule has 0 aromatic heterocycles. The van der Waals surface area contributed by atoms with E-state index < -0.39 is 0 Å². The van der Waals surface area contributed by atoms with Gasteiger partial charge in [-0.25, -0.2) is 0 Å². The first-order valence-corrected chi connectivity index (χ1v) is 7.00. The minimum Gasteiger partial charge on any atom is -0.316 e. The molecule has 1 atom stereocenters. The van der Waals surface area contributed by atoms with Crippen molar-refractivity contribution >= 4 is 0 Å². The summed E-state index contributed by atoms with van der Waals surface area (Å²) in [6.45, 7) is 8.54. The van der Waals surface area contributed by atoms with E-state index in [4.69, 9.17) is 0 Å². The summed E-state index contributed by atoms with van der Waals surface area (Å²) < 4.78 is 0. The van der Waals surface area contributed by atoms with Crippen LogP contribution < -0.4 is 5.32 Å². The molecule has 1 heterocycles. The van der Waals surface area contributed by atoms with Gasteiger partial charge in [-0.2, -0.15) is 0 Å². The summed E-state index contributed by atoms with van der Waals surface area (Å²) in [4.78, 5) is 2.64. The highest BCUT2D eigenvalue weighted by Gasteiger charge is 2.32. The molecule has 0 radical (unpaired) electrons. The monoisotopic (exact) mass is 224 g/mol. The molecule has 0 amide bonds. The molecule has 2 aliphatic rings. The zero-order valence-corrected chi connectivity index (χ0v) is 11.3. The Labute approximate surface area is 101 Å². The molecule has 0 bridgehead atoms. The average Bonchev–Trinajstić information content (AvgIpc) is 2.65. The van der Waals surface area contributed by atoms with Crippen molar-refractivity contribution < 1.29 is 0 Å². The normalized spacial score (nSPS) is 40.5. The van der Waals surface area contributed by atoms with Crippen LogP contribution in [0.5, 0.6) is 0 Å². The summed E-state index contributed by atoms with van der Waals surface area (Å²) in [5, 5.41) is 3.50. The maximum Gasteiger partial charge on any atom is 0.00926 e. The van der Waals surface area contributed by atoms with E-state index in [0.717, 1.165) is 12.0 Å². The Bertz CT molecular complexity index is 213. The highest BCUT2D eigenvalue weighted by Crippen LogP contribution is 2.30. The first-order chi connectivity index (χ1) is 7.59. The van der Waals surface area contributed by atoms with Crippen LogP contribution in [0.4, 0.5) is 0 Å².